The van der Waals surface area contributed by atoms with Crippen LogP contribution in [-0.2, 0) is 10.0 Å². The standard InChI is InChI=1S/C18H23N3O4S2/c22-16-5-3-14(4-6-16)21-8-7-20(27(24,25)18-2-1-9-26-18)11-15(21)10-19-12-17(23)13-19/h1-6,9,15,17,22-23H,7-8,10-13H2/t15-/m1/s1. The first-order valence-electron chi connectivity index (χ1n) is 8.93. The Kier molecular flexibility index (Phi) is 5.13. The number of phenols is 1. The topological polar surface area (TPSA) is 84.3 Å². The molecule has 2 aliphatic rings. The van der Waals surface area contributed by atoms with Gasteiger partial charge >= 0.3 is 0 Å². The minimum Gasteiger partial charge on any atom is -0.508 e. The van der Waals surface area contributed by atoms with Crippen LogP contribution >= 0.6 is 11.3 Å². The first-order valence-corrected chi connectivity index (χ1v) is 11.3. The van der Waals surface area contributed by atoms with Gasteiger partial charge in [0.05, 0.1) is 12.1 Å². The summed E-state index contributed by atoms with van der Waals surface area (Å²) in [7, 11) is -3.48. The van der Waals surface area contributed by atoms with Crippen molar-refractivity contribution < 1.29 is 18.6 Å². The predicted molar refractivity (Wildman–Crippen MR) is 105 cm³/mol. The number of rotatable bonds is 5. The molecule has 1 aromatic heterocycles. The maximum atomic E-state index is 12.9. The summed E-state index contributed by atoms with van der Waals surface area (Å²) in [6.45, 7) is 3.33. The highest BCUT2D eigenvalue weighted by Gasteiger charge is 2.37. The number of aromatic hydroxyl groups is 1. The number of anilines is 1. The summed E-state index contributed by atoms with van der Waals surface area (Å²) in [6.07, 6.45) is -0.290. The summed E-state index contributed by atoms with van der Waals surface area (Å²) in [5, 5.41) is 20.9. The Balaban J connectivity index is 1.56. The Labute approximate surface area is 163 Å². The van der Waals surface area contributed by atoms with Crippen molar-refractivity contribution in [1.29, 1.82) is 0 Å². The zero-order valence-corrected chi connectivity index (χ0v) is 16.4. The molecule has 146 valence electrons. The average Bonchev–Trinajstić information content (AvgIpc) is 3.17. The molecule has 0 aliphatic carbocycles. The summed E-state index contributed by atoms with van der Waals surface area (Å²) in [6, 6.07) is 10.4. The second-order valence-corrected chi connectivity index (χ2v) is 10.1. The van der Waals surface area contributed by atoms with Crippen molar-refractivity contribution in [3.05, 3.63) is 41.8 Å². The summed E-state index contributed by atoms with van der Waals surface area (Å²) in [5.74, 6) is 0.208. The van der Waals surface area contributed by atoms with Gasteiger partial charge in [0.25, 0.3) is 10.0 Å². The minimum atomic E-state index is -3.48. The molecule has 27 heavy (non-hydrogen) atoms. The van der Waals surface area contributed by atoms with Crippen molar-refractivity contribution >= 4 is 27.0 Å². The van der Waals surface area contributed by atoms with Crippen LogP contribution in [0.3, 0.4) is 0 Å². The number of aliphatic hydroxyl groups is 1. The molecule has 0 saturated carbocycles. The van der Waals surface area contributed by atoms with E-state index in [2.05, 4.69) is 9.80 Å². The largest absolute Gasteiger partial charge is 0.508 e. The highest BCUT2D eigenvalue weighted by Crippen LogP contribution is 2.28. The molecule has 2 fully saturated rings. The molecule has 0 bridgehead atoms. The highest BCUT2D eigenvalue weighted by molar-refractivity contribution is 7.91. The average molecular weight is 410 g/mol. The van der Waals surface area contributed by atoms with Gasteiger partial charge in [0.2, 0.25) is 0 Å². The lowest BCUT2D eigenvalue weighted by molar-refractivity contribution is -0.00304. The maximum Gasteiger partial charge on any atom is 0.252 e. The summed E-state index contributed by atoms with van der Waals surface area (Å²) in [4.78, 5) is 4.34. The third kappa shape index (κ3) is 3.83. The molecule has 0 radical (unpaired) electrons. The van der Waals surface area contributed by atoms with Gasteiger partial charge in [0, 0.05) is 45.0 Å². The maximum absolute atomic E-state index is 12.9. The molecule has 0 amide bonds. The zero-order chi connectivity index (χ0) is 19.0. The van der Waals surface area contributed by atoms with Crippen molar-refractivity contribution in [1.82, 2.24) is 9.21 Å². The molecular formula is C18H23N3O4S2. The van der Waals surface area contributed by atoms with E-state index in [1.54, 1.807) is 34.0 Å². The number of sulfonamides is 1. The van der Waals surface area contributed by atoms with E-state index in [1.807, 2.05) is 12.1 Å². The van der Waals surface area contributed by atoms with Gasteiger partial charge in [-0.25, -0.2) is 8.42 Å². The number of aliphatic hydroxyl groups excluding tert-OH is 1. The van der Waals surface area contributed by atoms with E-state index in [9.17, 15) is 18.6 Å². The van der Waals surface area contributed by atoms with E-state index in [4.69, 9.17) is 0 Å². The van der Waals surface area contributed by atoms with Crippen LogP contribution in [0.15, 0.2) is 46.0 Å². The van der Waals surface area contributed by atoms with Crippen molar-refractivity contribution in [2.75, 3.05) is 44.2 Å². The molecule has 1 atom stereocenters. The quantitative estimate of drug-likeness (QED) is 0.767. The van der Waals surface area contributed by atoms with Crippen LogP contribution in [0.25, 0.3) is 0 Å². The van der Waals surface area contributed by atoms with Crippen molar-refractivity contribution in [3.8, 4) is 5.75 Å². The molecule has 2 aliphatic heterocycles. The number of phenolic OH excluding ortho intramolecular Hbond substituents is 1. The predicted octanol–water partition coefficient (Wildman–Crippen LogP) is 1.01. The van der Waals surface area contributed by atoms with Crippen molar-refractivity contribution in [2.24, 2.45) is 0 Å². The highest BCUT2D eigenvalue weighted by atomic mass is 32.2. The molecule has 7 nitrogen and oxygen atoms in total. The molecule has 1 aromatic carbocycles. The molecule has 0 unspecified atom stereocenters. The molecule has 2 N–H and O–H groups in total. The lowest BCUT2D eigenvalue weighted by Crippen LogP contribution is -2.62. The fraction of sp³-hybridized carbons (Fsp3) is 0.444. The fourth-order valence-electron chi connectivity index (χ4n) is 3.71. The molecule has 2 aromatic rings. The molecule has 0 spiro atoms. The Bertz CT molecular complexity index is 865. The Morgan fingerprint density at radius 1 is 1.07 bits per heavy atom. The monoisotopic (exact) mass is 409 g/mol. The lowest BCUT2D eigenvalue weighted by Gasteiger charge is -2.46. The Morgan fingerprint density at radius 2 is 1.81 bits per heavy atom. The summed E-state index contributed by atoms with van der Waals surface area (Å²) in [5.41, 5.74) is 0.965. The number of thiophene rings is 1. The van der Waals surface area contributed by atoms with Gasteiger partial charge < -0.3 is 15.1 Å². The van der Waals surface area contributed by atoms with Gasteiger partial charge in [-0.15, -0.1) is 11.3 Å². The van der Waals surface area contributed by atoms with Gasteiger partial charge in [-0.3, -0.25) is 4.90 Å². The van der Waals surface area contributed by atoms with E-state index in [0.717, 1.165) is 5.69 Å². The van der Waals surface area contributed by atoms with E-state index in [0.29, 0.717) is 43.5 Å². The number of nitrogens with zero attached hydrogens (tertiary/aromatic N) is 3. The third-order valence-corrected chi connectivity index (χ3v) is 8.36. The fourth-order valence-corrected chi connectivity index (χ4v) is 6.33. The zero-order valence-electron chi connectivity index (χ0n) is 14.8. The van der Waals surface area contributed by atoms with E-state index in [-0.39, 0.29) is 17.9 Å². The van der Waals surface area contributed by atoms with Gasteiger partial charge in [0.15, 0.2) is 0 Å². The van der Waals surface area contributed by atoms with E-state index in [1.165, 1.54) is 11.3 Å². The molecule has 3 heterocycles. The molecule has 2 saturated heterocycles. The van der Waals surface area contributed by atoms with Gasteiger partial charge in [0.1, 0.15) is 9.96 Å². The number of hydrogen-bond donors (Lipinski definition) is 2. The Morgan fingerprint density at radius 3 is 2.44 bits per heavy atom. The van der Waals surface area contributed by atoms with Crippen LogP contribution in [-0.4, -0.2) is 79.3 Å². The minimum absolute atomic E-state index is 0.0227. The first kappa shape index (κ1) is 18.7. The van der Waals surface area contributed by atoms with Crippen molar-refractivity contribution in [2.45, 2.75) is 16.4 Å². The van der Waals surface area contributed by atoms with Gasteiger partial charge in [-0.2, -0.15) is 4.31 Å². The van der Waals surface area contributed by atoms with Gasteiger partial charge in [-0.05, 0) is 35.7 Å². The van der Waals surface area contributed by atoms with Gasteiger partial charge in [-0.1, -0.05) is 6.07 Å². The third-order valence-electron chi connectivity index (χ3n) is 5.12. The smallest absolute Gasteiger partial charge is 0.252 e. The lowest BCUT2D eigenvalue weighted by atomic mass is 10.1. The number of hydrogen-bond acceptors (Lipinski definition) is 7. The normalized spacial score (nSPS) is 22.7. The number of piperazine rings is 1. The van der Waals surface area contributed by atoms with Crippen LogP contribution in [0.2, 0.25) is 0 Å². The second kappa shape index (κ2) is 7.40. The van der Waals surface area contributed by atoms with Crippen LogP contribution < -0.4 is 4.90 Å². The summed E-state index contributed by atoms with van der Waals surface area (Å²) >= 11 is 1.24. The first-order chi connectivity index (χ1) is 12.9. The van der Waals surface area contributed by atoms with E-state index < -0.39 is 10.0 Å². The molecule has 4 rings (SSSR count). The number of β-amino-alcohol motifs (C(OH)–C–C–N with tert-alkyl or cyclic N) is 1. The van der Waals surface area contributed by atoms with Crippen LogP contribution in [0.5, 0.6) is 5.75 Å². The molecule has 9 heteroatoms. The summed E-state index contributed by atoms with van der Waals surface area (Å²) < 4.78 is 27.8. The number of likely N-dealkylation sites (tertiary alicyclic amines) is 1. The molecular weight excluding hydrogens is 386 g/mol. The number of benzene rings is 1. The van der Waals surface area contributed by atoms with Crippen LogP contribution in [0, 0.1) is 0 Å². The van der Waals surface area contributed by atoms with Crippen LogP contribution in [0.1, 0.15) is 0 Å². The van der Waals surface area contributed by atoms with Crippen LogP contribution in [0.4, 0.5) is 5.69 Å². The SMILES string of the molecule is O=S(=O)(c1cccs1)N1CCN(c2ccc(O)cc2)[C@H](CN2CC(O)C2)C1. The van der Waals surface area contributed by atoms with E-state index >= 15 is 0 Å². The second-order valence-electron chi connectivity index (χ2n) is 7.03. The van der Waals surface area contributed by atoms with Crippen molar-refractivity contribution in [3.63, 3.8) is 0 Å². The Hall–Kier alpha value is -1.65.